The van der Waals surface area contributed by atoms with Gasteiger partial charge in [0.1, 0.15) is 5.01 Å². The number of nitrogens with one attached hydrogen (secondary N) is 1. The number of benzene rings is 2. The Balaban J connectivity index is 1.55. The van der Waals surface area contributed by atoms with Crippen LogP contribution in [0.3, 0.4) is 0 Å². The molecule has 0 bridgehead atoms. The van der Waals surface area contributed by atoms with Gasteiger partial charge in [-0.15, -0.1) is 11.3 Å². The van der Waals surface area contributed by atoms with Gasteiger partial charge in [-0.05, 0) is 19.3 Å². The van der Waals surface area contributed by atoms with Crippen LogP contribution in [0.25, 0.3) is 10.6 Å². The standard InChI is InChI=1S/C21H20N2S2/c1-15-5-9-17(10-6-15)20(22)24-13-3-4-19-14-25-21(23-19)18-11-7-16(2)8-12-18/h3,5-14,22H,4H2,1-2H3/b13-3+,22-20?. The fraction of sp³-hybridized carbons (Fsp3) is 0.143. The first-order valence-corrected chi connectivity index (χ1v) is 9.86. The Kier molecular flexibility index (Phi) is 5.84. The van der Waals surface area contributed by atoms with Gasteiger partial charge < -0.3 is 0 Å². The van der Waals surface area contributed by atoms with Gasteiger partial charge in [-0.1, -0.05) is 77.5 Å². The predicted molar refractivity (Wildman–Crippen MR) is 111 cm³/mol. The average Bonchev–Trinajstić information content (AvgIpc) is 3.09. The number of allylic oxidation sites excluding steroid dienone is 1. The maximum absolute atomic E-state index is 8.12. The molecule has 1 N–H and O–H groups in total. The summed E-state index contributed by atoms with van der Waals surface area (Å²) in [5.41, 5.74) is 5.66. The molecule has 25 heavy (non-hydrogen) atoms. The zero-order chi connectivity index (χ0) is 17.6. The van der Waals surface area contributed by atoms with Crippen molar-refractivity contribution >= 4 is 28.1 Å². The number of nitrogens with zero attached hydrogens (tertiary/aromatic N) is 1. The summed E-state index contributed by atoms with van der Waals surface area (Å²) in [6.45, 7) is 4.15. The molecule has 3 rings (SSSR count). The van der Waals surface area contributed by atoms with Crippen molar-refractivity contribution in [2.24, 2.45) is 0 Å². The second-order valence-electron chi connectivity index (χ2n) is 5.90. The summed E-state index contributed by atoms with van der Waals surface area (Å²) in [7, 11) is 0. The van der Waals surface area contributed by atoms with Crippen LogP contribution < -0.4 is 0 Å². The molecule has 0 aliphatic carbocycles. The van der Waals surface area contributed by atoms with Crippen LogP contribution in [0.1, 0.15) is 22.4 Å². The second-order valence-corrected chi connectivity index (χ2v) is 7.67. The number of hydrogen-bond acceptors (Lipinski definition) is 4. The van der Waals surface area contributed by atoms with E-state index in [1.54, 1.807) is 11.3 Å². The lowest BCUT2D eigenvalue weighted by molar-refractivity contribution is 1.16. The van der Waals surface area contributed by atoms with Crippen LogP contribution in [-0.2, 0) is 6.42 Å². The molecule has 0 fully saturated rings. The number of hydrogen-bond donors (Lipinski definition) is 1. The number of thioether (sulfide) groups is 1. The summed E-state index contributed by atoms with van der Waals surface area (Å²) in [5, 5.41) is 13.8. The molecular formula is C21H20N2S2. The van der Waals surface area contributed by atoms with Crippen LogP contribution >= 0.6 is 23.1 Å². The van der Waals surface area contributed by atoms with E-state index < -0.39 is 0 Å². The SMILES string of the molecule is Cc1ccc(C(=N)S/C=C/Cc2csc(-c3ccc(C)cc3)n2)cc1. The van der Waals surface area contributed by atoms with Crippen LogP contribution in [0.5, 0.6) is 0 Å². The number of aryl methyl sites for hydroxylation is 2. The van der Waals surface area contributed by atoms with E-state index in [0.717, 1.165) is 22.7 Å². The van der Waals surface area contributed by atoms with Crippen molar-refractivity contribution < 1.29 is 0 Å². The van der Waals surface area contributed by atoms with Gasteiger partial charge in [0, 0.05) is 22.9 Å². The molecule has 126 valence electrons. The molecule has 0 aliphatic rings. The minimum atomic E-state index is 0.565. The van der Waals surface area contributed by atoms with Gasteiger partial charge in [0.25, 0.3) is 0 Å². The summed E-state index contributed by atoms with van der Waals surface area (Å²) in [5.74, 6) is 0. The quantitative estimate of drug-likeness (QED) is 0.429. The molecular weight excluding hydrogens is 344 g/mol. The highest BCUT2D eigenvalue weighted by molar-refractivity contribution is 8.16. The Morgan fingerprint density at radius 1 is 1.04 bits per heavy atom. The Hall–Kier alpha value is -2.17. The first-order chi connectivity index (χ1) is 12.1. The van der Waals surface area contributed by atoms with Gasteiger partial charge in [0.2, 0.25) is 0 Å². The monoisotopic (exact) mass is 364 g/mol. The average molecular weight is 365 g/mol. The number of aromatic nitrogens is 1. The molecule has 2 nitrogen and oxygen atoms in total. The van der Waals surface area contributed by atoms with E-state index in [1.165, 1.54) is 28.5 Å². The summed E-state index contributed by atoms with van der Waals surface area (Å²) in [6, 6.07) is 16.5. The van der Waals surface area contributed by atoms with Crippen molar-refractivity contribution in [1.82, 2.24) is 4.98 Å². The van der Waals surface area contributed by atoms with E-state index in [4.69, 9.17) is 10.4 Å². The smallest absolute Gasteiger partial charge is 0.123 e. The van der Waals surface area contributed by atoms with Crippen molar-refractivity contribution in [2.75, 3.05) is 0 Å². The summed E-state index contributed by atoms with van der Waals surface area (Å²) in [6.07, 6.45) is 2.86. The van der Waals surface area contributed by atoms with Gasteiger partial charge in [0.05, 0.1) is 10.7 Å². The van der Waals surface area contributed by atoms with Gasteiger partial charge in [-0.3, -0.25) is 5.41 Å². The highest BCUT2D eigenvalue weighted by atomic mass is 32.2. The van der Waals surface area contributed by atoms with Crippen LogP contribution in [-0.4, -0.2) is 10.0 Å². The highest BCUT2D eigenvalue weighted by Gasteiger charge is 2.04. The van der Waals surface area contributed by atoms with E-state index in [9.17, 15) is 0 Å². The number of rotatable bonds is 5. The molecule has 2 aromatic carbocycles. The second kappa shape index (κ2) is 8.28. The molecule has 0 aliphatic heterocycles. The van der Waals surface area contributed by atoms with Crippen molar-refractivity contribution in [3.8, 4) is 10.6 Å². The van der Waals surface area contributed by atoms with E-state index in [0.29, 0.717) is 5.04 Å². The normalized spacial score (nSPS) is 11.1. The van der Waals surface area contributed by atoms with E-state index in [1.807, 2.05) is 29.7 Å². The lowest BCUT2D eigenvalue weighted by Crippen LogP contribution is -1.91. The highest BCUT2D eigenvalue weighted by Crippen LogP contribution is 2.24. The van der Waals surface area contributed by atoms with Gasteiger partial charge in [-0.25, -0.2) is 4.98 Å². The molecule has 0 amide bonds. The summed E-state index contributed by atoms with van der Waals surface area (Å²) in [4.78, 5) is 4.70. The first-order valence-electron chi connectivity index (χ1n) is 8.10. The third kappa shape index (κ3) is 4.91. The molecule has 1 aromatic heterocycles. The first kappa shape index (κ1) is 17.6. The predicted octanol–water partition coefficient (Wildman–Crippen LogP) is 6.24. The molecule has 0 atom stereocenters. The van der Waals surface area contributed by atoms with Gasteiger partial charge >= 0.3 is 0 Å². The Morgan fingerprint density at radius 2 is 1.68 bits per heavy atom. The third-order valence-corrected chi connectivity index (χ3v) is 5.51. The maximum Gasteiger partial charge on any atom is 0.123 e. The molecule has 0 saturated heterocycles. The number of thiazole rings is 1. The van der Waals surface area contributed by atoms with E-state index in [-0.39, 0.29) is 0 Å². The van der Waals surface area contributed by atoms with Crippen LogP contribution in [0.15, 0.2) is 65.4 Å². The minimum Gasteiger partial charge on any atom is -0.293 e. The third-order valence-electron chi connectivity index (χ3n) is 3.77. The fourth-order valence-electron chi connectivity index (χ4n) is 2.29. The maximum atomic E-state index is 8.12. The molecule has 0 unspecified atom stereocenters. The summed E-state index contributed by atoms with van der Waals surface area (Å²) >= 11 is 3.11. The largest absolute Gasteiger partial charge is 0.293 e. The Bertz CT molecular complexity index is 875. The molecule has 0 saturated carbocycles. The van der Waals surface area contributed by atoms with E-state index >= 15 is 0 Å². The minimum absolute atomic E-state index is 0.565. The zero-order valence-corrected chi connectivity index (χ0v) is 16.0. The Morgan fingerprint density at radius 3 is 2.36 bits per heavy atom. The van der Waals surface area contributed by atoms with Crippen LogP contribution in [0.4, 0.5) is 0 Å². The topological polar surface area (TPSA) is 36.7 Å². The molecule has 0 spiro atoms. The molecule has 0 radical (unpaired) electrons. The van der Waals surface area contributed by atoms with Crippen molar-refractivity contribution in [1.29, 1.82) is 5.41 Å². The lowest BCUT2D eigenvalue weighted by Gasteiger charge is -2.00. The van der Waals surface area contributed by atoms with Crippen molar-refractivity contribution in [3.05, 3.63) is 87.8 Å². The lowest BCUT2D eigenvalue weighted by atomic mass is 10.2. The van der Waals surface area contributed by atoms with Gasteiger partial charge in [0.15, 0.2) is 0 Å². The molecule has 3 aromatic rings. The van der Waals surface area contributed by atoms with Crippen molar-refractivity contribution in [2.45, 2.75) is 20.3 Å². The zero-order valence-electron chi connectivity index (χ0n) is 14.3. The van der Waals surface area contributed by atoms with Gasteiger partial charge in [-0.2, -0.15) is 0 Å². The van der Waals surface area contributed by atoms with Crippen LogP contribution in [0.2, 0.25) is 0 Å². The molecule has 4 heteroatoms. The van der Waals surface area contributed by atoms with Crippen LogP contribution in [0, 0.1) is 19.3 Å². The van der Waals surface area contributed by atoms with Crippen molar-refractivity contribution in [3.63, 3.8) is 0 Å². The fourth-order valence-corrected chi connectivity index (χ4v) is 3.73. The Labute approximate surface area is 157 Å². The van der Waals surface area contributed by atoms with E-state index in [2.05, 4.69) is 49.6 Å². The summed E-state index contributed by atoms with van der Waals surface area (Å²) < 4.78 is 0. The molecule has 1 heterocycles.